The molecule has 1 aliphatic carbocycles. The Hall–Kier alpha value is -0.370. The van der Waals surface area contributed by atoms with Crippen LogP contribution in [0.25, 0.3) is 0 Å². The molecule has 0 bridgehead atoms. The summed E-state index contributed by atoms with van der Waals surface area (Å²) >= 11 is 0. The predicted molar refractivity (Wildman–Crippen MR) is 71.0 cm³/mol. The standard InChI is InChI=1S/C15H28O2/c1-5-17-10-6-9-15(3,4)13-8-7-12(2)11-14(13)16/h12-13H,5-11H2,1-4H3. The largest absolute Gasteiger partial charge is 0.382 e. The van der Waals surface area contributed by atoms with Crippen molar-refractivity contribution in [2.75, 3.05) is 13.2 Å². The third-order valence-corrected chi connectivity index (χ3v) is 4.14. The summed E-state index contributed by atoms with van der Waals surface area (Å²) in [6.45, 7) is 10.3. The quantitative estimate of drug-likeness (QED) is 0.659. The second-order valence-electron chi connectivity index (χ2n) is 6.19. The molecule has 2 nitrogen and oxygen atoms in total. The number of rotatable bonds is 6. The molecule has 2 unspecified atom stereocenters. The highest BCUT2D eigenvalue weighted by atomic mass is 16.5. The molecule has 0 radical (unpaired) electrons. The third kappa shape index (κ3) is 4.42. The van der Waals surface area contributed by atoms with Gasteiger partial charge in [-0.3, -0.25) is 4.79 Å². The highest BCUT2D eigenvalue weighted by molar-refractivity contribution is 5.82. The lowest BCUT2D eigenvalue weighted by atomic mass is 9.66. The normalized spacial score (nSPS) is 26.2. The van der Waals surface area contributed by atoms with Gasteiger partial charge < -0.3 is 4.74 Å². The fraction of sp³-hybridized carbons (Fsp3) is 0.933. The zero-order valence-electron chi connectivity index (χ0n) is 11.9. The predicted octanol–water partition coefficient (Wildman–Crippen LogP) is 3.83. The fourth-order valence-electron chi connectivity index (χ4n) is 2.97. The molecule has 100 valence electrons. The van der Waals surface area contributed by atoms with Crippen LogP contribution in [-0.2, 0) is 9.53 Å². The van der Waals surface area contributed by atoms with E-state index in [9.17, 15) is 4.79 Å². The molecule has 0 spiro atoms. The maximum atomic E-state index is 12.1. The monoisotopic (exact) mass is 240 g/mol. The average Bonchev–Trinajstić information content (AvgIpc) is 2.24. The lowest BCUT2D eigenvalue weighted by molar-refractivity contribution is -0.130. The smallest absolute Gasteiger partial charge is 0.136 e. The minimum atomic E-state index is 0.147. The number of hydrogen-bond acceptors (Lipinski definition) is 2. The number of carbonyl (C=O) groups is 1. The van der Waals surface area contributed by atoms with Gasteiger partial charge in [-0.1, -0.05) is 20.8 Å². The first-order valence-electron chi connectivity index (χ1n) is 7.08. The number of Topliss-reactive ketones (excluding diaryl/α,β-unsaturated/α-hetero) is 1. The first-order chi connectivity index (χ1) is 7.97. The molecule has 1 aliphatic rings. The Morgan fingerprint density at radius 2 is 2.06 bits per heavy atom. The Morgan fingerprint density at radius 3 is 2.65 bits per heavy atom. The van der Waals surface area contributed by atoms with Gasteiger partial charge in [0, 0.05) is 25.6 Å². The summed E-state index contributed by atoms with van der Waals surface area (Å²) in [5, 5.41) is 0. The Labute approximate surface area is 106 Å². The van der Waals surface area contributed by atoms with E-state index in [1.807, 2.05) is 6.92 Å². The number of hydrogen-bond donors (Lipinski definition) is 0. The highest BCUT2D eigenvalue weighted by Crippen LogP contribution is 2.40. The van der Waals surface area contributed by atoms with Crippen molar-refractivity contribution in [2.24, 2.45) is 17.3 Å². The van der Waals surface area contributed by atoms with Crippen molar-refractivity contribution in [1.29, 1.82) is 0 Å². The van der Waals surface area contributed by atoms with Gasteiger partial charge in [0.2, 0.25) is 0 Å². The molecular weight excluding hydrogens is 212 g/mol. The average molecular weight is 240 g/mol. The Morgan fingerprint density at radius 1 is 1.35 bits per heavy atom. The van der Waals surface area contributed by atoms with E-state index in [1.54, 1.807) is 0 Å². The molecule has 0 N–H and O–H groups in total. The Kier molecular flexibility index (Phi) is 5.64. The molecule has 1 rings (SSSR count). The van der Waals surface area contributed by atoms with E-state index in [0.717, 1.165) is 38.9 Å². The summed E-state index contributed by atoms with van der Waals surface area (Å²) in [7, 11) is 0. The van der Waals surface area contributed by atoms with Gasteiger partial charge in [0.05, 0.1) is 0 Å². The lowest BCUT2D eigenvalue weighted by Gasteiger charge is -2.37. The molecular formula is C15H28O2. The summed E-state index contributed by atoms with van der Waals surface area (Å²) in [5.74, 6) is 1.36. The number of ether oxygens (including phenoxy) is 1. The molecule has 2 atom stereocenters. The summed E-state index contributed by atoms with van der Waals surface area (Å²) in [6.07, 6.45) is 5.25. The van der Waals surface area contributed by atoms with Crippen molar-refractivity contribution in [3.8, 4) is 0 Å². The maximum absolute atomic E-state index is 12.1. The first-order valence-corrected chi connectivity index (χ1v) is 7.08. The van der Waals surface area contributed by atoms with Crippen LogP contribution in [0.1, 0.15) is 59.8 Å². The summed E-state index contributed by atoms with van der Waals surface area (Å²) < 4.78 is 5.38. The van der Waals surface area contributed by atoms with Gasteiger partial charge in [-0.25, -0.2) is 0 Å². The minimum Gasteiger partial charge on any atom is -0.382 e. The Balaban J connectivity index is 2.42. The summed E-state index contributed by atoms with van der Waals surface area (Å²) in [5.41, 5.74) is 0.147. The van der Waals surface area contributed by atoms with E-state index in [4.69, 9.17) is 4.74 Å². The second kappa shape index (κ2) is 6.53. The molecule has 0 aromatic rings. The zero-order valence-corrected chi connectivity index (χ0v) is 11.9. The van der Waals surface area contributed by atoms with Crippen LogP contribution in [0.15, 0.2) is 0 Å². The second-order valence-corrected chi connectivity index (χ2v) is 6.19. The Bertz CT molecular complexity index is 245. The molecule has 0 heterocycles. The SMILES string of the molecule is CCOCCCC(C)(C)C1CCC(C)CC1=O. The molecule has 1 saturated carbocycles. The van der Waals surface area contributed by atoms with Crippen LogP contribution in [0, 0.1) is 17.3 Å². The van der Waals surface area contributed by atoms with Crippen molar-refractivity contribution in [3.63, 3.8) is 0 Å². The van der Waals surface area contributed by atoms with Gasteiger partial charge in [0.1, 0.15) is 5.78 Å². The van der Waals surface area contributed by atoms with Gasteiger partial charge in [-0.05, 0) is 43.9 Å². The maximum Gasteiger partial charge on any atom is 0.136 e. The van der Waals surface area contributed by atoms with Crippen LogP contribution in [0.5, 0.6) is 0 Å². The van der Waals surface area contributed by atoms with Gasteiger partial charge in [-0.2, -0.15) is 0 Å². The summed E-state index contributed by atoms with van der Waals surface area (Å²) in [4.78, 5) is 12.1. The van der Waals surface area contributed by atoms with Crippen molar-refractivity contribution < 1.29 is 9.53 Å². The zero-order chi connectivity index (χ0) is 12.9. The van der Waals surface area contributed by atoms with Crippen LogP contribution >= 0.6 is 0 Å². The molecule has 0 aliphatic heterocycles. The van der Waals surface area contributed by atoms with Crippen molar-refractivity contribution in [3.05, 3.63) is 0 Å². The van der Waals surface area contributed by atoms with Gasteiger partial charge in [0.25, 0.3) is 0 Å². The molecule has 0 saturated heterocycles. The van der Waals surface area contributed by atoms with E-state index in [2.05, 4.69) is 20.8 Å². The van der Waals surface area contributed by atoms with Crippen LogP contribution in [-0.4, -0.2) is 19.0 Å². The lowest BCUT2D eigenvalue weighted by Crippen LogP contribution is -2.35. The highest BCUT2D eigenvalue weighted by Gasteiger charge is 2.37. The van der Waals surface area contributed by atoms with Crippen LogP contribution in [0.3, 0.4) is 0 Å². The van der Waals surface area contributed by atoms with E-state index in [1.165, 1.54) is 6.42 Å². The van der Waals surface area contributed by atoms with Crippen LogP contribution in [0.4, 0.5) is 0 Å². The molecule has 1 fully saturated rings. The molecule has 17 heavy (non-hydrogen) atoms. The number of carbonyl (C=O) groups excluding carboxylic acids is 1. The molecule has 0 aromatic carbocycles. The van der Waals surface area contributed by atoms with Crippen molar-refractivity contribution >= 4 is 5.78 Å². The first kappa shape index (κ1) is 14.7. The summed E-state index contributed by atoms with van der Waals surface area (Å²) in [6, 6.07) is 0. The van der Waals surface area contributed by atoms with E-state index in [-0.39, 0.29) is 11.3 Å². The molecule has 0 amide bonds. The minimum absolute atomic E-state index is 0.147. The van der Waals surface area contributed by atoms with Crippen LogP contribution < -0.4 is 0 Å². The molecule has 0 aromatic heterocycles. The fourth-order valence-corrected chi connectivity index (χ4v) is 2.97. The van der Waals surface area contributed by atoms with Gasteiger partial charge in [-0.15, -0.1) is 0 Å². The number of ketones is 1. The topological polar surface area (TPSA) is 26.3 Å². The van der Waals surface area contributed by atoms with Gasteiger partial charge in [0.15, 0.2) is 0 Å². The van der Waals surface area contributed by atoms with Crippen molar-refractivity contribution in [1.82, 2.24) is 0 Å². The third-order valence-electron chi connectivity index (χ3n) is 4.14. The van der Waals surface area contributed by atoms with Crippen LogP contribution in [0.2, 0.25) is 0 Å². The van der Waals surface area contributed by atoms with Gasteiger partial charge >= 0.3 is 0 Å². The van der Waals surface area contributed by atoms with Crippen molar-refractivity contribution in [2.45, 2.75) is 59.8 Å². The van der Waals surface area contributed by atoms with E-state index < -0.39 is 0 Å². The van der Waals surface area contributed by atoms with E-state index in [0.29, 0.717) is 11.7 Å². The molecule has 2 heteroatoms. The van der Waals surface area contributed by atoms with E-state index >= 15 is 0 Å².